The molecule has 0 radical (unpaired) electrons. The molecule has 0 unspecified atom stereocenters. The minimum atomic E-state index is -0.534. The maximum absolute atomic E-state index is 11.9. The van der Waals surface area contributed by atoms with E-state index in [4.69, 9.17) is 4.74 Å². The largest absolute Gasteiger partial charge is 0.444 e. The van der Waals surface area contributed by atoms with Crippen molar-refractivity contribution in [2.45, 2.75) is 90.4 Å². The summed E-state index contributed by atoms with van der Waals surface area (Å²) < 4.78 is 5.29. The Labute approximate surface area is 171 Å². The lowest BCUT2D eigenvalue weighted by molar-refractivity contribution is -0.384. The SMILES string of the molecule is CC(C)(C)Nc1ncc([N+](=O)[O-])c(NC2CCC(NC(=O)OC(C)(C)C)CC2)n1. The van der Waals surface area contributed by atoms with Crippen molar-refractivity contribution in [3.05, 3.63) is 16.3 Å². The summed E-state index contributed by atoms with van der Waals surface area (Å²) in [5.41, 5.74) is -0.953. The monoisotopic (exact) mass is 408 g/mol. The molecule has 10 heteroatoms. The van der Waals surface area contributed by atoms with Gasteiger partial charge in [-0.3, -0.25) is 10.1 Å². The molecular formula is C19H32N6O4. The second-order valence-electron chi connectivity index (χ2n) is 9.40. The van der Waals surface area contributed by atoms with Gasteiger partial charge in [0.2, 0.25) is 11.8 Å². The number of aromatic nitrogens is 2. The van der Waals surface area contributed by atoms with Gasteiger partial charge in [0, 0.05) is 17.6 Å². The van der Waals surface area contributed by atoms with E-state index in [1.165, 1.54) is 6.20 Å². The minimum absolute atomic E-state index is 0.0291. The maximum Gasteiger partial charge on any atom is 0.407 e. The van der Waals surface area contributed by atoms with Crippen molar-refractivity contribution in [2.24, 2.45) is 0 Å². The van der Waals surface area contributed by atoms with Crippen molar-refractivity contribution in [3.63, 3.8) is 0 Å². The zero-order valence-corrected chi connectivity index (χ0v) is 18.0. The van der Waals surface area contributed by atoms with E-state index in [0.717, 1.165) is 25.7 Å². The van der Waals surface area contributed by atoms with Crippen LogP contribution in [0.5, 0.6) is 0 Å². The highest BCUT2D eigenvalue weighted by Gasteiger charge is 2.27. The van der Waals surface area contributed by atoms with Gasteiger partial charge in [-0.15, -0.1) is 0 Å². The van der Waals surface area contributed by atoms with Gasteiger partial charge in [0.15, 0.2) is 0 Å². The van der Waals surface area contributed by atoms with Gasteiger partial charge in [-0.1, -0.05) is 0 Å². The topological polar surface area (TPSA) is 131 Å². The average molecular weight is 409 g/mol. The second-order valence-corrected chi connectivity index (χ2v) is 9.40. The van der Waals surface area contributed by atoms with Crippen LogP contribution >= 0.6 is 0 Å². The van der Waals surface area contributed by atoms with Crippen LogP contribution in [-0.4, -0.2) is 44.2 Å². The van der Waals surface area contributed by atoms with Crippen LogP contribution in [0.25, 0.3) is 0 Å². The first kappa shape index (κ1) is 22.6. The molecule has 1 aromatic heterocycles. The molecule has 0 bridgehead atoms. The molecule has 1 aliphatic carbocycles. The number of carbonyl (C=O) groups is 1. The van der Waals surface area contributed by atoms with Crippen LogP contribution < -0.4 is 16.0 Å². The van der Waals surface area contributed by atoms with Crippen LogP contribution in [-0.2, 0) is 4.74 Å². The Balaban J connectivity index is 1.97. The summed E-state index contributed by atoms with van der Waals surface area (Å²) in [6, 6.07) is 0.0594. The highest BCUT2D eigenvalue weighted by atomic mass is 16.6. The van der Waals surface area contributed by atoms with E-state index in [0.29, 0.717) is 5.95 Å². The van der Waals surface area contributed by atoms with Crippen LogP contribution in [0.15, 0.2) is 6.20 Å². The number of carbonyl (C=O) groups excluding carboxylic acids is 1. The zero-order chi connectivity index (χ0) is 21.8. The predicted molar refractivity (Wildman–Crippen MR) is 111 cm³/mol. The number of nitro groups is 1. The smallest absolute Gasteiger partial charge is 0.407 e. The van der Waals surface area contributed by atoms with Crippen molar-refractivity contribution < 1.29 is 14.5 Å². The van der Waals surface area contributed by atoms with Crippen molar-refractivity contribution in [1.82, 2.24) is 15.3 Å². The molecule has 1 fully saturated rings. The van der Waals surface area contributed by atoms with Crippen LogP contribution in [0.1, 0.15) is 67.2 Å². The number of anilines is 2. The van der Waals surface area contributed by atoms with Gasteiger partial charge in [0.1, 0.15) is 11.8 Å². The van der Waals surface area contributed by atoms with E-state index >= 15 is 0 Å². The summed E-state index contributed by atoms with van der Waals surface area (Å²) in [5.74, 6) is 0.547. The van der Waals surface area contributed by atoms with Crippen molar-refractivity contribution >= 4 is 23.5 Å². The second kappa shape index (κ2) is 8.79. The molecule has 0 saturated heterocycles. The highest BCUT2D eigenvalue weighted by molar-refractivity contribution is 5.68. The van der Waals surface area contributed by atoms with Crippen LogP contribution in [0, 0.1) is 10.1 Å². The molecule has 1 aromatic rings. The molecule has 10 nitrogen and oxygen atoms in total. The zero-order valence-electron chi connectivity index (χ0n) is 18.0. The maximum atomic E-state index is 11.9. The molecule has 1 heterocycles. The summed E-state index contributed by atoms with van der Waals surface area (Å²) in [6.45, 7) is 11.4. The Hall–Kier alpha value is -2.65. The quantitative estimate of drug-likeness (QED) is 0.494. The lowest BCUT2D eigenvalue weighted by atomic mass is 9.91. The molecule has 0 aromatic carbocycles. The molecule has 0 spiro atoms. The highest BCUT2D eigenvalue weighted by Crippen LogP contribution is 2.28. The Morgan fingerprint density at radius 3 is 2.24 bits per heavy atom. The van der Waals surface area contributed by atoms with Gasteiger partial charge < -0.3 is 20.7 Å². The van der Waals surface area contributed by atoms with Crippen molar-refractivity contribution in [2.75, 3.05) is 10.6 Å². The third-order valence-corrected chi connectivity index (χ3v) is 4.24. The number of nitrogens with one attached hydrogen (secondary N) is 3. The van der Waals surface area contributed by atoms with E-state index in [1.54, 1.807) is 0 Å². The first-order valence-electron chi connectivity index (χ1n) is 9.88. The van der Waals surface area contributed by atoms with Crippen LogP contribution in [0.3, 0.4) is 0 Å². The summed E-state index contributed by atoms with van der Waals surface area (Å²) in [6.07, 6.45) is 3.82. The number of ether oxygens (including phenoxy) is 1. The molecule has 1 aliphatic rings. The van der Waals surface area contributed by atoms with E-state index in [2.05, 4.69) is 25.9 Å². The molecule has 0 atom stereocenters. The number of hydrogen-bond acceptors (Lipinski definition) is 8. The molecule has 3 N–H and O–H groups in total. The summed E-state index contributed by atoms with van der Waals surface area (Å²) >= 11 is 0. The van der Waals surface area contributed by atoms with E-state index in [1.807, 2.05) is 41.5 Å². The number of alkyl carbamates (subject to hydrolysis) is 1. The first-order chi connectivity index (χ1) is 13.3. The third-order valence-electron chi connectivity index (χ3n) is 4.24. The fourth-order valence-corrected chi connectivity index (χ4v) is 3.06. The van der Waals surface area contributed by atoms with E-state index < -0.39 is 16.6 Å². The number of amides is 1. The Kier molecular flexibility index (Phi) is 6.86. The summed E-state index contributed by atoms with van der Waals surface area (Å²) in [7, 11) is 0. The van der Waals surface area contributed by atoms with Crippen molar-refractivity contribution in [3.8, 4) is 0 Å². The van der Waals surface area contributed by atoms with Gasteiger partial charge in [0.05, 0.1) is 4.92 Å². The molecular weight excluding hydrogens is 376 g/mol. The summed E-state index contributed by atoms with van der Waals surface area (Å²) in [4.78, 5) is 31.2. The van der Waals surface area contributed by atoms with Crippen LogP contribution in [0.2, 0.25) is 0 Å². The summed E-state index contributed by atoms with van der Waals surface area (Å²) in [5, 5.41) is 20.6. The number of nitrogens with zero attached hydrogens (tertiary/aromatic N) is 3. The van der Waals surface area contributed by atoms with Gasteiger partial charge in [-0.05, 0) is 67.2 Å². The van der Waals surface area contributed by atoms with Gasteiger partial charge in [0.25, 0.3) is 0 Å². The number of hydrogen-bond donors (Lipinski definition) is 3. The van der Waals surface area contributed by atoms with Gasteiger partial charge >= 0.3 is 11.8 Å². The lowest BCUT2D eigenvalue weighted by Gasteiger charge is -2.30. The Bertz CT molecular complexity index is 733. The molecule has 0 aliphatic heterocycles. The first-order valence-corrected chi connectivity index (χ1v) is 9.88. The Morgan fingerprint density at radius 2 is 1.72 bits per heavy atom. The third kappa shape index (κ3) is 7.71. The number of rotatable bonds is 5. The van der Waals surface area contributed by atoms with Gasteiger partial charge in [-0.25, -0.2) is 9.78 Å². The molecule has 2 rings (SSSR count). The molecule has 1 saturated carbocycles. The standard InChI is InChI=1S/C19H32N6O4/c1-18(2,3)24-16-20-11-14(25(27)28)15(23-16)21-12-7-9-13(10-8-12)22-17(26)29-19(4,5)6/h11-13H,7-10H2,1-6H3,(H,22,26)(H2,20,21,23,24). The normalized spacial score (nSPS) is 19.9. The van der Waals surface area contributed by atoms with Gasteiger partial charge in [-0.2, -0.15) is 4.98 Å². The van der Waals surface area contributed by atoms with E-state index in [9.17, 15) is 14.9 Å². The van der Waals surface area contributed by atoms with E-state index in [-0.39, 0.29) is 29.1 Å². The Morgan fingerprint density at radius 1 is 1.14 bits per heavy atom. The molecule has 162 valence electrons. The lowest BCUT2D eigenvalue weighted by Crippen LogP contribution is -2.42. The molecule has 1 amide bonds. The molecule has 29 heavy (non-hydrogen) atoms. The fraction of sp³-hybridized carbons (Fsp3) is 0.737. The van der Waals surface area contributed by atoms with Crippen molar-refractivity contribution in [1.29, 1.82) is 0 Å². The fourth-order valence-electron chi connectivity index (χ4n) is 3.06. The average Bonchev–Trinajstić information content (AvgIpc) is 2.53. The minimum Gasteiger partial charge on any atom is -0.444 e. The predicted octanol–water partition coefficient (Wildman–Crippen LogP) is 3.84. The van der Waals surface area contributed by atoms with Crippen LogP contribution in [0.4, 0.5) is 22.2 Å².